The van der Waals surface area contributed by atoms with Gasteiger partial charge in [-0.3, -0.25) is 4.79 Å². The normalized spacial score (nSPS) is 14.5. The number of aromatic amines is 1. The largest absolute Gasteiger partial charge is 0.373 e. The highest BCUT2D eigenvalue weighted by Gasteiger charge is 2.19. The number of rotatable bonds is 2. The van der Waals surface area contributed by atoms with Gasteiger partial charge in [0.15, 0.2) is 0 Å². The third kappa shape index (κ3) is 3.07. The highest BCUT2D eigenvalue weighted by molar-refractivity contribution is 6.31. The molecule has 6 heteroatoms. The average molecular weight is 355 g/mol. The van der Waals surface area contributed by atoms with Crippen molar-refractivity contribution < 1.29 is 0 Å². The molecule has 0 amide bonds. The molecule has 2 aromatic carbocycles. The van der Waals surface area contributed by atoms with Gasteiger partial charge in [0.05, 0.1) is 28.8 Å². The Labute approximate surface area is 150 Å². The molecule has 0 fully saturated rings. The standard InChI is InChI=1S/C19H19ClN4O/c1-23-9-4-10-24(17-6-3-2-5-16(17)23)12-18-21-15-8-7-13(20)11-14(15)19(25)22-18/h2-3,5-8,11H,4,9-10,12H2,1H3,(H,21,22,25). The Hall–Kier alpha value is -2.53. The van der Waals surface area contributed by atoms with Crippen molar-refractivity contribution in [3.05, 3.63) is 63.7 Å². The Morgan fingerprint density at radius 1 is 1.16 bits per heavy atom. The molecule has 3 aromatic rings. The van der Waals surface area contributed by atoms with Crippen molar-refractivity contribution in [2.24, 2.45) is 0 Å². The molecule has 1 aromatic heterocycles. The third-order valence-electron chi connectivity index (χ3n) is 4.61. The first-order chi connectivity index (χ1) is 12.1. The summed E-state index contributed by atoms with van der Waals surface area (Å²) in [5, 5.41) is 1.06. The summed E-state index contributed by atoms with van der Waals surface area (Å²) in [6.07, 6.45) is 1.05. The fraction of sp³-hybridized carbons (Fsp3) is 0.263. The Morgan fingerprint density at radius 2 is 1.96 bits per heavy atom. The van der Waals surface area contributed by atoms with Crippen molar-refractivity contribution in [3.8, 4) is 0 Å². The molecule has 0 atom stereocenters. The lowest BCUT2D eigenvalue weighted by molar-refractivity contribution is 0.721. The number of nitrogens with zero attached hydrogens (tertiary/aromatic N) is 3. The fourth-order valence-electron chi connectivity index (χ4n) is 3.37. The average Bonchev–Trinajstić information content (AvgIpc) is 2.76. The van der Waals surface area contributed by atoms with Crippen molar-refractivity contribution in [2.45, 2.75) is 13.0 Å². The summed E-state index contributed by atoms with van der Waals surface area (Å²) in [5.41, 5.74) is 2.89. The van der Waals surface area contributed by atoms with Crippen molar-refractivity contribution in [2.75, 3.05) is 29.9 Å². The van der Waals surface area contributed by atoms with Crippen LogP contribution in [-0.4, -0.2) is 30.1 Å². The SMILES string of the molecule is CN1CCCN(Cc2nc3ccc(Cl)cc3c(=O)[nH]2)c2ccccc21. The van der Waals surface area contributed by atoms with Crippen LogP contribution in [-0.2, 0) is 6.54 Å². The molecule has 2 heterocycles. The van der Waals surface area contributed by atoms with Crippen LogP contribution in [0.1, 0.15) is 12.2 Å². The van der Waals surface area contributed by atoms with Gasteiger partial charge >= 0.3 is 0 Å². The zero-order valence-electron chi connectivity index (χ0n) is 14.0. The van der Waals surface area contributed by atoms with Gasteiger partial charge in [-0.2, -0.15) is 0 Å². The fourth-order valence-corrected chi connectivity index (χ4v) is 3.55. The summed E-state index contributed by atoms with van der Waals surface area (Å²) in [4.78, 5) is 24.5. The molecule has 128 valence electrons. The Balaban J connectivity index is 1.72. The van der Waals surface area contributed by atoms with Crippen molar-refractivity contribution >= 4 is 33.9 Å². The van der Waals surface area contributed by atoms with E-state index in [1.54, 1.807) is 18.2 Å². The summed E-state index contributed by atoms with van der Waals surface area (Å²) in [5.74, 6) is 0.666. The van der Waals surface area contributed by atoms with Gasteiger partial charge in [0.1, 0.15) is 5.82 Å². The van der Waals surface area contributed by atoms with Crippen LogP contribution in [0.3, 0.4) is 0 Å². The first-order valence-electron chi connectivity index (χ1n) is 8.35. The van der Waals surface area contributed by atoms with Gasteiger partial charge in [0, 0.05) is 25.2 Å². The predicted molar refractivity (Wildman–Crippen MR) is 103 cm³/mol. The molecule has 1 aliphatic rings. The van der Waals surface area contributed by atoms with Gasteiger partial charge in [0.25, 0.3) is 5.56 Å². The molecule has 0 radical (unpaired) electrons. The number of aromatic nitrogens is 2. The van der Waals surface area contributed by atoms with Crippen LogP contribution in [0.2, 0.25) is 5.02 Å². The molecule has 0 bridgehead atoms. The summed E-state index contributed by atoms with van der Waals surface area (Å²) < 4.78 is 0. The van der Waals surface area contributed by atoms with E-state index in [1.807, 2.05) is 6.07 Å². The first kappa shape index (κ1) is 16.0. The monoisotopic (exact) mass is 354 g/mol. The van der Waals surface area contributed by atoms with E-state index in [0.29, 0.717) is 28.3 Å². The van der Waals surface area contributed by atoms with Gasteiger partial charge in [-0.05, 0) is 36.8 Å². The minimum atomic E-state index is -0.150. The maximum Gasteiger partial charge on any atom is 0.258 e. The zero-order chi connectivity index (χ0) is 17.4. The minimum Gasteiger partial charge on any atom is -0.373 e. The predicted octanol–water partition coefficient (Wildman–Crippen LogP) is 3.42. The number of para-hydroxylation sites is 2. The Morgan fingerprint density at radius 3 is 2.80 bits per heavy atom. The van der Waals surface area contributed by atoms with Gasteiger partial charge in [-0.1, -0.05) is 23.7 Å². The lowest BCUT2D eigenvalue weighted by atomic mass is 10.2. The molecule has 0 unspecified atom stereocenters. The maximum absolute atomic E-state index is 12.4. The van der Waals surface area contributed by atoms with E-state index in [0.717, 1.165) is 19.5 Å². The lowest BCUT2D eigenvalue weighted by Gasteiger charge is -2.25. The van der Waals surface area contributed by atoms with E-state index in [1.165, 1.54) is 11.4 Å². The van der Waals surface area contributed by atoms with Gasteiger partial charge in [-0.15, -0.1) is 0 Å². The minimum absolute atomic E-state index is 0.150. The maximum atomic E-state index is 12.4. The molecule has 25 heavy (non-hydrogen) atoms. The molecular formula is C19H19ClN4O. The summed E-state index contributed by atoms with van der Waals surface area (Å²) in [7, 11) is 2.11. The number of H-pyrrole nitrogens is 1. The number of anilines is 2. The molecule has 1 aliphatic heterocycles. The molecule has 5 nitrogen and oxygen atoms in total. The van der Waals surface area contributed by atoms with Crippen LogP contribution in [0.15, 0.2) is 47.3 Å². The highest BCUT2D eigenvalue weighted by Crippen LogP contribution is 2.31. The lowest BCUT2D eigenvalue weighted by Crippen LogP contribution is -2.26. The van der Waals surface area contributed by atoms with Crippen molar-refractivity contribution in [1.29, 1.82) is 0 Å². The second kappa shape index (κ2) is 6.41. The molecule has 0 saturated carbocycles. The summed E-state index contributed by atoms with van der Waals surface area (Å²) in [6.45, 7) is 2.50. The molecule has 0 spiro atoms. The van der Waals surface area contributed by atoms with E-state index in [9.17, 15) is 4.79 Å². The second-order valence-electron chi connectivity index (χ2n) is 6.36. The van der Waals surface area contributed by atoms with Crippen LogP contribution in [0.4, 0.5) is 11.4 Å². The topological polar surface area (TPSA) is 52.2 Å². The van der Waals surface area contributed by atoms with Crippen LogP contribution in [0, 0.1) is 0 Å². The number of halogens is 1. The van der Waals surface area contributed by atoms with Crippen molar-refractivity contribution in [3.63, 3.8) is 0 Å². The molecule has 4 rings (SSSR count). The molecular weight excluding hydrogens is 336 g/mol. The number of benzene rings is 2. The summed E-state index contributed by atoms with van der Waals surface area (Å²) >= 11 is 5.98. The van der Waals surface area contributed by atoms with E-state index in [2.05, 4.69) is 45.0 Å². The van der Waals surface area contributed by atoms with Crippen LogP contribution < -0.4 is 15.4 Å². The smallest absolute Gasteiger partial charge is 0.258 e. The molecule has 0 saturated heterocycles. The second-order valence-corrected chi connectivity index (χ2v) is 6.80. The van der Waals surface area contributed by atoms with E-state index >= 15 is 0 Å². The first-order valence-corrected chi connectivity index (χ1v) is 8.73. The Bertz CT molecular complexity index is 985. The van der Waals surface area contributed by atoms with Crippen LogP contribution in [0.5, 0.6) is 0 Å². The van der Waals surface area contributed by atoms with E-state index in [-0.39, 0.29) is 5.56 Å². The third-order valence-corrected chi connectivity index (χ3v) is 4.85. The van der Waals surface area contributed by atoms with Gasteiger partial charge in [-0.25, -0.2) is 4.98 Å². The zero-order valence-corrected chi connectivity index (χ0v) is 14.8. The number of hydrogen-bond donors (Lipinski definition) is 1. The number of fused-ring (bicyclic) bond motifs is 2. The van der Waals surface area contributed by atoms with Crippen molar-refractivity contribution in [1.82, 2.24) is 9.97 Å². The molecule has 1 N–H and O–H groups in total. The summed E-state index contributed by atoms with van der Waals surface area (Å²) in [6, 6.07) is 13.6. The van der Waals surface area contributed by atoms with E-state index in [4.69, 9.17) is 11.6 Å². The number of hydrogen-bond acceptors (Lipinski definition) is 4. The number of nitrogens with one attached hydrogen (secondary N) is 1. The van der Waals surface area contributed by atoms with Gasteiger partial charge in [0.2, 0.25) is 0 Å². The highest BCUT2D eigenvalue weighted by atomic mass is 35.5. The van der Waals surface area contributed by atoms with Crippen LogP contribution in [0.25, 0.3) is 10.9 Å². The Kier molecular flexibility index (Phi) is 4.09. The molecule has 0 aliphatic carbocycles. The van der Waals surface area contributed by atoms with Gasteiger partial charge < -0.3 is 14.8 Å². The van der Waals surface area contributed by atoms with E-state index < -0.39 is 0 Å². The van der Waals surface area contributed by atoms with Crippen LogP contribution >= 0.6 is 11.6 Å². The quantitative estimate of drug-likeness (QED) is 0.766.